The number of amides is 1. The maximum absolute atomic E-state index is 13.7. The van der Waals surface area contributed by atoms with Crippen LogP contribution in [0.1, 0.15) is 22.8 Å². The summed E-state index contributed by atoms with van der Waals surface area (Å²) in [6, 6.07) is 8.96. The summed E-state index contributed by atoms with van der Waals surface area (Å²) in [4.78, 5) is 24.0. The van der Waals surface area contributed by atoms with Gasteiger partial charge >= 0.3 is 5.97 Å². The molecule has 0 spiro atoms. The second-order valence-corrected chi connectivity index (χ2v) is 5.41. The van der Waals surface area contributed by atoms with Crippen LogP contribution in [0.3, 0.4) is 0 Å². The van der Waals surface area contributed by atoms with Gasteiger partial charge in [0.05, 0.1) is 25.0 Å². The zero-order valence-electron chi connectivity index (χ0n) is 14.8. The fraction of sp³-hybridized carbons (Fsp3) is 0.263. The standard InChI is InChI=1S/C19H20FNO5/c1-4-25-17-10-13(6-8-16(17)24-3)19(23)26-11-18(22)21-15-7-5-12(2)9-14(15)20/h5-10H,4,11H2,1-3H3,(H,21,22). The fourth-order valence-electron chi connectivity index (χ4n) is 2.19. The number of anilines is 1. The van der Waals surface area contributed by atoms with Crippen LogP contribution in [0.2, 0.25) is 0 Å². The Bertz CT molecular complexity index is 807. The smallest absolute Gasteiger partial charge is 0.338 e. The van der Waals surface area contributed by atoms with Gasteiger partial charge in [0.25, 0.3) is 5.91 Å². The van der Waals surface area contributed by atoms with Crippen LogP contribution in [-0.4, -0.2) is 32.2 Å². The lowest BCUT2D eigenvalue weighted by atomic mass is 10.2. The topological polar surface area (TPSA) is 73.9 Å². The second kappa shape index (κ2) is 8.84. The summed E-state index contributed by atoms with van der Waals surface area (Å²) in [5.74, 6) is -1.01. The highest BCUT2D eigenvalue weighted by Gasteiger charge is 2.15. The second-order valence-electron chi connectivity index (χ2n) is 5.41. The predicted molar refractivity (Wildman–Crippen MR) is 94.2 cm³/mol. The number of carbonyl (C=O) groups excluding carboxylic acids is 2. The Labute approximate surface area is 150 Å². The van der Waals surface area contributed by atoms with Crippen LogP contribution < -0.4 is 14.8 Å². The summed E-state index contributed by atoms with van der Waals surface area (Å²) < 4.78 is 29.2. The minimum Gasteiger partial charge on any atom is -0.493 e. The number of ether oxygens (including phenoxy) is 3. The number of nitrogens with one attached hydrogen (secondary N) is 1. The van der Waals surface area contributed by atoms with Gasteiger partial charge in [-0.25, -0.2) is 9.18 Å². The summed E-state index contributed by atoms with van der Waals surface area (Å²) in [5.41, 5.74) is 0.972. The molecule has 0 unspecified atom stereocenters. The van der Waals surface area contributed by atoms with E-state index in [0.717, 1.165) is 5.56 Å². The number of methoxy groups -OCH3 is 1. The van der Waals surface area contributed by atoms with Crippen molar-refractivity contribution < 1.29 is 28.2 Å². The molecule has 0 saturated heterocycles. The lowest BCUT2D eigenvalue weighted by Gasteiger charge is -2.11. The van der Waals surface area contributed by atoms with Crippen LogP contribution >= 0.6 is 0 Å². The maximum atomic E-state index is 13.7. The molecule has 6 nitrogen and oxygen atoms in total. The van der Waals surface area contributed by atoms with Crippen molar-refractivity contribution in [2.45, 2.75) is 13.8 Å². The molecular weight excluding hydrogens is 341 g/mol. The van der Waals surface area contributed by atoms with Gasteiger partial charge in [-0.15, -0.1) is 0 Å². The van der Waals surface area contributed by atoms with Gasteiger partial charge in [-0.2, -0.15) is 0 Å². The fourth-order valence-corrected chi connectivity index (χ4v) is 2.19. The van der Waals surface area contributed by atoms with Gasteiger partial charge < -0.3 is 19.5 Å². The third-order valence-electron chi connectivity index (χ3n) is 3.43. The lowest BCUT2D eigenvalue weighted by molar-refractivity contribution is -0.119. The molecule has 0 aliphatic rings. The van der Waals surface area contributed by atoms with E-state index in [1.54, 1.807) is 26.0 Å². The molecule has 2 aromatic rings. The summed E-state index contributed by atoms with van der Waals surface area (Å²) in [5, 5.41) is 2.36. The number of halogens is 1. The number of benzene rings is 2. The Kier molecular flexibility index (Phi) is 6.54. The predicted octanol–water partition coefficient (Wildman–Crippen LogP) is 3.34. The highest BCUT2D eigenvalue weighted by atomic mass is 19.1. The Hall–Kier alpha value is -3.09. The van der Waals surface area contributed by atoms with E-state index in [2.05, 4.69) is 5.32 Å². The van der Waals surface area contributed by atoms with Gasteiger partial charge in [0, 0.05) is 0 Å². The average Bonchev–Trinajstić information content (AvgIpc) is 2.62. The number of hydrogen-bond acceptors (Lipinski definition) is 5. The molecule has 0 aromatic heterocycles. The number of rotatable bonds is 7. The summed E-state index contributed by atoms with van der Waals surface area (Å²) in [7, 11) is 1.49. The lowest BCUT2D eigenvalue weighted by Crippen LogP contribution is -2.21. The Balaban J connectivity index is 1.97. The van der Waals surface area contributed by atoms with Gasteiger partial charge in [-0.1, -0.05) is 6.07 Å². The SMILES string of the molecule is CCOc1cc(C(=O)OCC(=O)Nc2ccc(C)cc2F)ccc1OC. The van der Waals surface area contributed by atoms with Crippen LogP contribution in [-0.2, 0) is 9.53 Å². The molecular formula is C19H20FNO5. The van der Waals surface area contributed by atoms with Gasteiger partial charge in [0.2, 0.25) is 0 Å². The Morgan fingerprint density at radius 1 is 1.12 bits per heavy atom. The van der Waals surface area contributed by atoms with Crippen molar-refractivity contribution in [1.29, 1.82) is 0 Å². The van der Waals surface area contributed by atoms with E-state index in [0.29, 0.717) is 18.1 Å². The summed E-state index contributed by atoms with van der Waals surface area (Å²) >= 11 is 0. The van der Waals surface area contributed by atoms with Crippen LogP contribution in [0.15, 0.2) is 36.4 Å². The molecule has 1 N–H and O–H groups in total. The molecule has 0 aliphatic heterocycles. The summed E-state index contributed by atoms with van der Waals surface area (Å²) in [6.07, 6.45) is 0. The molecule has 0 aliphatic carbocycles. The van der Waals surface area contributed by atoms with Crippen molar-refractivity contribution in [3.63, 3.8) is 0 Å². The quantitative estimate of drug-likeness (QED) is 0.766. The molecule has 7 heteroatoms. The highest BCUT2D eigenvalue weighted by molar-refractivity contribution is 5.95. The third kappa shape index (κ3) is 4.95. The van der Waals surface area contributed by atoms with Gasteiger partial charge in [-0.3, -0.25) is 4.79 Å². The normalized spacial score (nSPS) is 10.2. The number of carbonyl (C=O) groups is 2. The highest BCUT2D eigenvalue weighted by Crippen LogP contribution is 2.28. The third-order valence-corrected chi connectivity index (χ3v) is 3.43. The van der Waals surface area contributed by atoms with Crippen LogP contribution in [0.4, 0.5) is 10.1 Å². The van der Waals surface area contributed by atoms with Crippen molar-refractivity contribution >= 4 is 17.6 Å². The first kappa shape index (κ1) is 19.2. The van der Waals surface area contributed by atoms with E-state index in [1.165, 1.54) is 31.4 Å². The first-order valence-electron chi connectivity index (χ1n) is 7.98. The molecule has 0 radical (unpaired) electrons. The van der Waals surface area contributed by atoms with Gasteiger partial charge in [0.15, 0.2) is 18.1 Å². The first-order chi connectivity index (χ1) is 12.4. The van der Waals surface area contributed by atoms with Gasteiger partial charge in [0.1, 0.15) is 5.82 Å². The van der Waals surface area contributed by atoms with E-state index in [9.17, 15) is 14.0 Å². The van der Waals surface area contributed by atoms with E-state index < -0.39 is 24.3 Å². The maximum Gasteiger partial charge on any atom is 0.338 e. The number of aryl methyl sites for hydroxylation is 1. The van der Waals surface area contributed by atoms with Gasteiger partial charge in [-0.05, 0) is 49.7 Å². The van der Waals surface area contributed by atoms with E-state index >= 15 is 0 Å². The van der Waals surface area contributed by atoms with E-state index in [-0.39, 0.29) is 11.3 Å². The zero-order chi connectivity index (χ0) is 19.1. The minimum atomic E-state index is -0.701. The number of esters is 1. The van der Waals surface area contributed by atoms with Crippen LogP contribution in [0, 0.1) is 12.7 Å². The van der Waals surface area contributed by atoms with Crippen LogP contribution in [0.5, 0.6) is 11.5 Å². The zero-order valence-corrected chi connectivity index (χ0v) is 14.8. The first-order valence-corrected chi connectivity index (χ1v) is 7.98. The summed E-state index contributed by atoms with van der Waals surface area (Å²) in [6.45, 7) is 3.41. The van der Waals surface area contributed by atoms with Crippen LogP contribution in [0.25, 0.3) is 0 Å². The molecule has 26 heavy (non-hydrogen) atoms. The van der Waals surface area contributed by atoms with Crippen molar-refractivity contribution in [2.75, 3.05) is 25.6 Å². The van der Waals surface area contributed by atoms with E-state index in [4.69, 9.17) is 14.2 Å². The average molecular weight is 361 g/mol. The monoisotopic (exact) mass is 361 g/mol. The van der Waals surface area contributed by atoms with Crippen molar-refractivity contribution in [1.82, 2.24) is 0 Å². The molecule has 0 heterocycles. The van der Waals surface area contributed by atoms with Crippen molar-refractivity contribution in [3.8, 4) is 11.5 Å². The Morgan fingerprint density at radius 2 is 1.88 bits per heavy atom. The molecule has 138 valence electrons. The molecule has 2 aromatic carbocycles. The largest absolute Gasteiger partial charge is 0.493 e. The molecule has 0 fully saturated rings. The molecule has 0 saturated carbocycles. The minimum absolute atomic E-state index is 0.0275. The van der Waals surface area contributed by atoms with E-state index in [1.807, 2.05) is 0 Å². The molecule has 1 amide bonds. The van der Waals surface area contributed by atoms with Crippen molar-refractivity contribution in [2.24, 2.45) is 0 Å². The van der Waals surface area contributed by atoms with Crippen molar-refractivity contribution in [3.05, 3.63) is 53.3 Å². The molecule has 0 atom stereocenters. The Morgan fingerprint density at radius 3 is 2.54 bits per heavy atom. The molecule has 0 bridgehead atoms. The molecule has 2 rings (SSSR count). The number of hydrogen-bond donors (Lipinski definition) is 1.